The topological polar surface area (TPSA) is 56.7 Å². The van der Waals surface area contributed by atoms with Crippen molar-refractivity contribution in [1.29, 1.82) is 0 Å². The van der Waals surface area contributed by atoms with Crippen molar-refractivity contribution in [3.8, 4) is 0 Å². The van der Waals surface area contributed by atoms with Gasteiger partial charge in [-0.05, 0) is 29.8 Å². The van der Waals surface area contributed by atoms with E-state index in [2.05, 4.69) is 9.97 Å². The van der Waals surface area contributed by atoms with Crippen LogP contribution in [0.4, 0.5) is 4.39 Å². The Morgan fingerprint density at radius 3 is 2.68 bits per heavy atom. The van der Waals surface area contributed by atoms with Crippen LogP contribution >= 0.6 is 0 Å². The average molecular weight is 256 g/mol. The highest BCUT2D eigenvalue weighted by atomic mass is 19.1. The van der Waals surface area contributed by atoms with Gasteiger partial charge in [0.2, 0.25) is 0 Å². The first kappa shape index (κ1) is 11.8. The first-order valence-corrected chi connectivity index (χ1v) is 6.02. The minimum Gasteiger partial charge on any atom is -0.324 e. The first-order chi connectivity index (χ1) is 9.28. The molecular weight excluding hydrogens is 243 g/mol. The van der Waals surface area contributed by atoms with E-state index in [9.17, 15) is 4.39 Å². The average Bonchev–Trinajstić information content (AvgIpc) is 2.79. The third-order valence-corrected chi connectivity index (χ3v) is 3.02. The van der Waals surface area contributed by atoms with Crippen LogP contribution in [0.5, 0.6) is 0 Å². The van der Waals surface area contributed by atoms with Crippen LogP contribution in [0.1, 0.15) is 11.4 Å². The smallest absolute Gasteiger partial charge is 0.160 e. The molecule has 0 aliphatic heterocycles. The normalized spacial score (nSPS) is 11.1. The lowest BCUT2D eigenvalue weighted by atomic mass is 10.2. The molecule has 0 aliphatic rings. The van der Waals surface area contributed by atoms with E-state index in [1.807, 2.05) is 16.7 Å². The second kappa shape index (κ2) is 4.78. The van der Waals surface area contributed by atoms with Gasteiger partial charge in [-0.25, -0.2) is 14.4 Å². The van der Waals surface area contributed by atoms with E-state index >= 15 is 0 Å². The predicted molar refractivity (Wildman–Crippen MR) is 70.9 cm³/mol. The quantitative estimate of drug-likeness (QED) is 0.780. The molecule has 0 fully saturated rings. The minimum atomic E-state index is -0.239. The summed E-state index contributed by atoms with van der Waals surface area (Å²) in [4.78, 5) is 8.78. The molecule has 0 unspecified atom stereocenters. The van der Waals surface area contributed by atoms with Gasteiger partial charge in [0.1, 0.15) is 17.2 Å². The summed E-state index contributed by atoms with van der Waals surface area (Å²) in [6.07, 6.45) is 1.73. The number of fused-ring (bicyclic) bond motifs is 1. The number of hydrogen-bond donors (Lipinski definition) is 1. The molecule has 1 aromatic carbocycles. The van der Waals surface area contributed by atoms with E-state index in [0.29, 0.717) is 13.1 Å². The highest BCUT2D eigenvalue weighted by molar-refractivity contribution is 5.71. The van der Waals surface area contributed by atoms with Crippen LogP contribution in [0.15, 0.2) is 42.6 Å². The molecule has 0 aliphatic carbocycles. The highest BCUT2D eigenvalue weighted by Gasteiger charge is 2.10. The van der Waals surface area contributed by atoms with Gasteiger partial charge < -0.3 is 10.3 Å². The van der Waals surface area contributed by atoms with Crippen LogP contribution in [0.25, 0.3) is 11.2 Å². The second-order valence-corrected chi connectivity index (χ2v) is 4.29. The molecule has 0 saturated heterocycles. The van der Waals surface area contributed by atoms with E-state index in [4.69, 9.17) is 5.73 Å². The number of aromatic nitrogens is 3. The molecule has 0 bridgehead atoms. The Balaban J connectivity index is 2.06. The molecule has 0 atom stereocenters. The van der Waals surface area contributed by atoms with Gasteiger partial charge in [0.15, 0.2) is 5.65 Å². The van der Waals surface area contributed by atoms with Crippen LogP contribution in [0.2, 0.25) is 0 Å². The van der Waals surface area contributed by atoms with Crippen molar-refractivity contribution < 1.29 is 4.39 Å². The van der Waals surface area contributed by atoms with E-state index in [1.54, 1.807) is 18.3 Å². The van der Waals surface area contributed by atoms with Crippen molar-refractivity contribution in [2.24, 2.45) is 5.73 Å². The fourth-order valence-corrected chi connectivity index (χ4v) is 2.10. The molecule has 3 rings (SSSR count). The molecule has 0 saturated carbocycles. The number of benzene rings is 1. The zero-order valence-electron chi connectivity index (χ0n) is 10.3. The number of nitrogens with two attached hydrogens (primary N) is 1. The summed E-state index contributed by atoms with van der Waals surface area (Å²) >= 11 is 0. The molecule has 2 heterocycles. The fraction of sp³-hybridized carbons (Fsp3) is 0.143. The molecule has 2 aromatic heterocycles. The summed E-state index contributed by atoms with van der Waals surface area (Å²) in [5, 5.41) is 0. The van der Waals surface area contributed by atoms with Crippen molar-refractivity contribution in [3.63, 3.8) is 0 Å². The molecular formula is C14H13FN4. The zero-order valence-corrected chi connectivity index (χ0v) is 10.3. The summed E-state index contributed by atoms with van der Waals surface area (Å²) in [7, 11) is 0. The fourth-order valence-electron chi connectivity index (χ4n) is 2.10. The van der Waals surface area contributed by atoms with Gasteiger partial charge in [0.25, 0.3) is 0 Å². The third-order valence-electron chi connectivity index (χ3n) is 3.02. The van der Waals surface area contributed by atoms with Crippen molar-refractivity contribution in [2.75, 3.05) is 0 Å². The number of rotatable bonds is 3. The lowest BCUT2D eigenvalue weighted by Crippen LogP contribution is -2.09. The number of pyridine rings is 1. The Morgan fingerprint density at radius 1 is 1.16 bits per heavy atom. The van der Waals surface area contributed by atoms with Gasteiger partial charge in [0, 0.05) is 6.20 Å². The maximum absolute atomic E-state index is 12.9. The summed E-state index contributed by atoms with van der Waals surface area (Å²) in [5.41, 5.74) is 8.33. The maximum Gasteiger partial charge on any atom is 0.160 e. The molecule has 4 nitrogen and oxygen atoms in total. The predicted octanol–water partition coefficient (Wildman–Crippen LogP) is 2.08. The molecule has 0 amide bonds. The van der Waals surface area contributed by atoms with Gasteiger partial charge >= 0.3 is 0 Å². The van der Waals surface area contributed by atoms with Crippen LogP contribution in [-0.4, -0.2) is 14.5 Å². The molecule has 3 aromatic rings. The van der Waals surface area contributed by atoms with Crippen LogP contribution in [-0.2, 0) is 13.1 Å². The molecule has 0 radical (unpaired) electrons. The van der Waals surface area contributed by atoms with Gasteiger partial charge in [-0.2, -0.15) is 0 Å². The van der Waals surface area contributed by atoms with E-state index in [0.717, 1.165) is 22.6 Å². The Kier molecular flexibility index (Phi) is 2.97. The summed E-state index contributed by atoms with van der Waals surface area (Å²) in [5.74, 6) is 0.537. The van der Waals surface area contributed by atoms with Crippen LogP contribution in [0, 0.1) is 5.82 Å². The van der Waals surface area contributed by atoms with Crippen LogP contribution < -0.4 is 5.73 Å². The molecule has 96 valence electrons. The summed E-state index contributed by atoms with van der Waals surface area (Å²) < 4.78 is 14.9. The van der Waals surface area contributed by atoms with Crippen molar-refractivity contribution >= 4 is 11.2 Å². The molecule has 0 spiro atoms. The second-order valence-electron chi connectivity index (χ2n) is 4.29. The van der Waals surface area contributed by atoms with Crippen molar-refractivity contribution in [3.05, 3.63) is 59.8 Å². The van der Waals surface area contributed by atoms with E-state index in [-0.39, 0.29) is 5.82 Å². The third kappa shape index (κ3) is 2.20. The monoisotopic (exact) mass is 256 g/mol. The van der Waals surface area contributed by atoms with Gasteiger partial charge in [-0.1, -0.05) is 12.1 Å². The minimum absolute atomic E-state index is 0.239. The van der Waals surface area contributed by atoms with Crippen molar-refractivity contribution in [2.45, 2.75) is 13.1 Å². The summed E-state index contributed by atoms with van der Waals surface area (Å²) in [6.45, 7) is 0.928. The highest BCUT2D eigenvalue weighted by Crippen LogP contribution is 2.15. The number of halogens is 1. The van der Waals surface area contributed by atoms with Gasteiger partial charge in [-0.15, -0.1) is 0 Å². The Hall–Kier alpha value is -2.27. The first-order valence-electron chi connectivity index (χ1n) is 6.02. The Labute approximate surface area is 109 Å². The molecule has 2 N–H and O–H groups in total. The Morgan fingerprint density at radius 2 is 1.95 bits per heavy atom. The molecule has 19 heavy (non-hydrogen) atoms. The lowest BCUT2D eigenvalue weighted by Gasteiger charge is -2.07. The Bertz CT molecular complexity index is 703. The standard InChI is InChI=1S/C14H13FN4/c15-11-5-3-10(4-6-11)9-19-13(8-16)18-12-2-1-7-17-14(12)19/h1-7H,8-9,16H2. The lowest BCUT2D eigenvalue weighted by molar-refractivity contribution is 0.626. The van der Waals surface area contributed by atoms with E-state index < -0.39 is 0 Å². The largest absolute Gasteiger partial charge is 0.324 e. The summed E-state index contributed by atoms with van der Waals surface area (Å²) in [6, 6.07) is 10.2. The maximum atomic E-state index is 12.9. The zero-order chi connectivity index (χ0) is 13.2. The molecule has 5 heteroatoms. The number of hydrogen-bond acceptors (Lipinski definition) is 3. The van der Waals surface area contributed by atoms with Crippen molar-refractivity contribution in [1.82, 2.24) is 14.5 Å². The number of nitrogens with zero attached hydrogens (tertiary/aromatic N) is 3. The number of imidazole rings is 1. The van der Waals surface area contributed by atoms with E-state index in [1.165, 1.54) is 12.1 Å². The van der Waals surface area contributed by atoms with Crippen LogP contribution in [0.3, 0.4) is 0 Å². The SMILES string of the molecule is NCc1nc2cccnc2n1Cc1ccc(F)cc1. The van der Waals surface area contributed by atoms with Gasteiger partial charge in [0.05, 0.1) is 13.1 Å². The van der Waals surface area contributed by atoms with Gasteiger partial charge in [-0.3, -0.25) is 0 Å².